The molecule has 3 aromatic rings. The first kappa shape index (κ1) is 22.9. The lowest BCUT2D eigenvalue weighted by atomic mass is 9.94. The fourth-order valence-electron chi connectivity index (χ4n) is 3.85. The largest absolute Gasteiger partial charge is 0.507 e. The molecule has 34 heavy (non-hydrogen) atoms. The van der Waals surface area contributed by atoms with E-state index in [0.29, 0.717) is 27.4 Å². The van der Waals surface area contributed by atoms with E-state index in [1.165, 1.54) is 29.2 Å². The highest BCUT2D eigenvalue weighted by atomic mass is 35.5. The predicted octanol–water partition coefficient (Wildman–Crippen LogP) is 4.94. The van der Waals surface area contributed by atoms with Crippen molar-refractivity contribution in [2.75, 3.05) is 11.5 Å². The smallest absolute Gasteiger partial charge is 0.300 e. The normalized spacial score (nSPS) is 17.0. The van der Waals surface area contributed by atoms with Crippen molar-refractivity contribution in [3.63, 3.8) is 0 Å². The summed E-state index contributed by atoms with van der Waals surface area (Å²) in [7, 11) is 0. The summed E-state index contributed by atoms with van der Waals surface area (Å²) in [5.74, 6) is -1.98. The van der Waals surface area contributed by atoms with Crippen molar-refractivity contribution in [3.8, 4) is 17.6 Å². The standard InChI is InChI=1S/C26H19ClN2O5/c1-2-34-21-13-17(7-12-20(21)30)23-22(24(31)16-5-8-18(27)9-6-16)25(32)26(33)29(23)19-10-3-15(14-28)4-11-19/h3-13,23,30-31H,2H2,1H3/b24-22-. The summed E-state index contributed by atoms with van der Waals surface area (Å²) in [5.41, 5.74) is 1.40. The number of carbonyl (C=O) groups excluding carboxylic acids is 2. The van der Waals surface area contributed by atoms with Crippen LogP contribution in [0.4, 0.5) is 5.69 Å². The van der Waals surface area contributed by atoms with Crippen molar-refractivity contribution in [2.45, 2.75) is 13.0 Å². The number of aromatic hydroxyl groups is 1. The first-order valence-electron chi connectivity index (χ1n) is 10.4. The van der Waals surface area contributed by atoms with Gasteiger partial charge < -0.3 is 14.9 Å². The van der Waals surface area contributed by atoms with Gasteiger partial charge in [0.25, 0.3) is 11.7 Å². The molecule has 0 radical (unpaired) electrons. The molecule has 1 aliphatic rings. The van der Waals surface area contributed by atoms with Crippen LogP contribution in [-0.4, -0.2) is 28.5 Å². The number of phenolic OH excluding ortho intramolecular Hbond substituents is 1. The number of ketones is 1. The molecule has 0 saturated carbocycles. The Morgan fingerprint density at radius 1 is 1.09 bits per heavy atom. The molecule has 1 amide bonds. The van der Waals surface area contributed by atoms with Crippen molar-refractivity contribution >= 4 is 34.7 Å². The van der Waals surface area contributed by atoms with Crippen molar-refractivity contribution in [1.82, 2.24) is 0 Å². The molecule has 170 valence electrons. The molecule has 0 aromatic heterocycles. The Bertz CT molecular complexity index is 1340. The Hall–Kier alpha value is -4.28. The summed E-state index contributed by atoms with van der Waals surface area (Å²) in [6, 6.07) is 17.9. The van der Waals surface area contributed by atoms with Crippen LogP contribution in [-0.2, 0) is 9.59 Å². The van der Waals surface area contributed by atoms with Gasteiger partial charge in [-0.25, -0.2) is 0 Å². The summed E-state index contributed by atoms with van der Waals surface area (Å²) < 4.78 is 5.49. The number of nitriles is 1. The molecule has 1 unspecified atom stereocenters. The van der Waals surface area contributed by atoms with Gasteiger partial charge in [-0.1, -0.05) is 17.7 Å². The SMILES string of the molecule is CCOc1cc(C2/C(=C(/O)c3ccc(Cl)cc3)C(=O)C(=O)N2c2ccc(C#N)cc2)ccc1O. The van der Waals surface area contributed by atoms with Crippen LogP contribution in [0.3, 0.4) is 0 Å². The molecule has 8 heteroatoms. The van der Waals surface area contributed by atoms with Crippen LogP contribution in [0.1, 0.15) is 29.7 Å². The molecule has 7 nitrogen and oxygen atoms in total. The van der Waals surface area contributed by atoms with E-state index in [-0.39, 0.29) is 29.4 Å². The maximum absolute atomic E-state index is 13.2. The third-order valence-electron chi connectivity index (χ3n) is 5.44. The topological polar surface area (TPSA) is 111 Å². The van der Waals surface area contributed by atoms with Crippen LogP contribution in [0.5, 0.6) is 11.5 Å². The quantitative estimate of drug-likeness (QED) is 0.308. The highest BCUT2D eigenvalue weighted by Crippen LogP contribution is 2.44. The average Bonchev–Trinajstić information content (AvgIpc) is 3.11. The van der Waals surface area contributed by atoms with Gasteiger partial charge in [0.1, 0.15) is 5.76 Å². The number of nitrogens with zero attached hydrogens (tertiary/aromatic N) is 2. The molecule has 1 heterocycles. The molecule has 2 N–H and O–H groups in total. The minimum atomic E-state index is -1.01. The lowest BCUT2D eigenvalue weighted by Gasteiger charge is -2.26. The van der Waals surface area contributed by atoms with E-state index >= 15 is 0 Å². The van der Waals surface area contributed by atoms with Gasteiger partial charge in [0.2, 0.25) is 0 Å². The highest BCUT2D eigenvalue weighted by molar-refractivity contribution is 6.51. The lowest BCUT2D eigenvalue weighted by Crippen LogP contribution is -2.29. The van der Waals surface area contributed by atoms with Gasteiger partial charge in [-0.2, -0.15) is 5.26 Å². The zero-order valence-corrected chi connectivity index (χ0v) is 18.8. The van der Waals surface area contributed by atoms with E-state index in [9.17, 15) is 19.8 Å². The van der Waals surface area contributed by atoms with E-state index in [2.05, 4.69) is 0 Å². The number of benzene rings is 3. The van der Waals surface area contributed by atoms with E-state index < -0.39 is 17.7 Å². The van der Waals surface area contributed by atoms with Crippen molar-refractivity contribution in [3.05, 3.63) is 94.0 Å². The third-order valence-corrected chi connectivity index (χ3v) is 5.69. The van der Waals surface area contributed by atoms with Gasteiger partial charge in [0, 0.05) is 16.3 Å². The molecule has 1 fully saturated rings. The number of carbonyl (C=O) groups is 2. The summed E-state index contributed by atoms with van der Waals surface area (Å²) in [6.45, 7) is 2.05. The number of ether oxygens (including phenoxy) is 1. The van der Waals surface area contributed by atoms with Crippen molar-refractivity contribution < 1.29 is 24.5 Å². The van der Waals surface area contributed by atoms with Crippen molar-refractivity contribution in [1.29, 1.82) is 5.26 Å². The molecule has 4 rings (SSSR count). The van der Waals surface area contributed by atoms with E-state index in [1.807, 2.05) is 6.07 Å². The Morgan fingerprint density at radius 2 is 1.76 bits per heavy atom. The first-order chi connectivity index (χ1) is 16.3. The Labute approximate surface area is 200 Å². The van der Waals surface area contributed by atoms with Gasteiger partial charge in [0.05, 0.1) is 29.9 Å². The molecule has 0 aliphatic carbocycles. The Balaban J connectivity index is 1.94. The lowest BCUT2D eigenvalue weighted by molar-refractivity contribution is -0.132. The van der Waals surface area contributed by atoms with Gasteiger partial charge >= 0.3 is 0 Å². The fourth-order valence-corrected chi connectivity index (χ4v) is 3.97. The van der Waals surface area contributed by atoms with Gasteiger partial charge in [-0.05, 0) is 73.2 Å². The van der Waals surface area contributed by atoms with Crippen LogP contribution >= 0.6 is 11.6 Å². The number of hydrogen-bond donors (Lipinski definition) is 2. The minimum Gasteiger partial charge on any atom is -0.507 e. The van der Waals surface area contributed by atoms with Crippen LogP contribution in [0.25, 0.3) is 5.76 Å². The van der Waals surface area contributed by atoms with Crippen LogP contribution in [0.2, 0.25) is 5.02 Å². The number of rotatable bonds is 5. The number of aliphatic hydroxyl groups excluding tert-OH is 1. The summed E-state index contributed by atoms with van der Waals surface area (Å²) in [4.78, 5) is 27.6. The maximum Gasteiger partial charge on any atom is 0.300 e. The van der Waals surface area contributed by atoms with E-state index in [4.69, 9.17) is 21.6 Å². The molecule has 1 saturated heterocycles. The molecule has 1 aliphatic heterocycles. The Kier molecular flexibility index (Phi) is 6.26. The van der Waals surface area contributed by atoms with Crippen molar-refractivity contribution in [2.24, 2.45) is 0 Å². The maximum atomic E-state index is 13.2. The number of anilines is 1. The second-order valence-electron chi connectivity index (χ2n) is 7.49. The number of aliphatic hydroxyl groups is 1. The molecule has 1 atom stereocenters. The average molecular weight is 475 g/mol. The first-order valence-corrected chi connectivity index (χ1v) is 10.8. The van der Waals surface area contributed by atoms with Crippen LogP contribution in [0, 0.1) is 11.3 Å². The number of halogens is 1. The molecular formula is C26H19ClN2O5. The van der Waals surface area contributed by atoms with Crippen LogP contribution < -0.4 is 9.64 Å². The van der Waals surface area contributed by atoms with E-state index in [0.717, 1.165) is 0 Å². The molecule has 3 aromatic carbocycles. The second-order valence-corrected chi connectivity index (χ2v) is 7.93. The monoisotopic (exact) mass is 474 g/mol. The number of hydrogen-bond acceptors (Lipinski definition) is 6. The van der Waals surface area contributed by atoms with Crippen LogP contribution in [0.15, 0.2) is 72.3 Å². The molecule has 0 spiro atoms. The molecule has 0 bridgehead atoms. The van der Waals surface area contributed by atoms with Gasteiger partial charge in [-0.15, -0.1) is 0 Å². The van der Waals surface area contributed by atoms with Gasteiger partial charge in [0.15, 0.2) is 11.5 Å². The highest BCUT2D eigenvalue weighted by Gasteiger charge is 2.47. The Morgan fingerprint density at radius 3 is 2.38 bits per heavy atom. The minimum absolute atomic E-state index is 0.0985. The second kappa shape index (κ2) is 9.30. The predicted molar refractivity (Wildman–Crippen MR) is 127 cm³/mol. The molecular weight excluding hydrogens is 456 g/mol. The number of Topliss-reactive ketones (excluding diaryl/α,β-unsaturated/α-hetero) is 1. The van der Waals surface area contributed by atoms with Gasteiger partial charge in [-0.3, -0.25) is 14.5 Å². The third kappa shape index (κ3) is 4.07. The fraction of sp³-hybridized carbons (Fsp3) is 0.115. The zero-order valence-electron chi connectivity index (χ0n) is 18.0. The summed E-state index contributed by atoms with van der Waals surface area (Å²) in [6.07, 6.45) is 0. The number of amides is 1. The summed E-state index contributed by atoms with van der Waals surface area (Å²) >= 11 is 5.95. The van der Waals surface area contributed by atoms with E-state index in [1.54, 1.807) is 49.4 Å². The summed E-state index contributed by atoms with van der Waals surface area (Å²) in [5, 5.41) is 30.8. The zero-order chi connectivity index (χ0) is 24.4. The number of phenols is 1.